The van der Waals surface area contributed by atoms with E-state index in [1.54, 1.807) is 10.9 Å². The third-order valence-corrected chi connectivity index (χ3v) is 3.73. The Bertz CT molecular complexity index is 462. The van der Waals surface area contributed by atoms with E-state index in [1.807, 2.05) is 6.92 Å². The van der Waals surface area contributed by atoms with E-state index in [0.29, 0.717) is 18.3 Å². The Labute approximate surface area is 111 Å². The smallest absolute Gasteiger partial charge is 0.273 e. The molecule has 0 spiro atoms. The maximum absolute atomic E-state index is 12.2. The Balaban J connectivity index is 1.64. The largest absolute Gasteiger partial charge is 0.379 e. The van der Waals surface area contributed by atoms with E-state index < -0.39 is 0 Å². The summed E-state index contributed by atoms with van der Waals surface area (Å²) in [5.41, 5.74) is 0.0793. The number of nitrogens with zero attached hydrogens (tertiary/aromatic N) is 3. The predicted octanol–water partition coefficient (Wildman–Crippen LogP) is -0.279. The number of hydrogen-bond donors (Lipinski definition) is 2. The van der Waals surface area contributed by atoms with Crippen molar-refractivity contribution in [3.05, 3.63) is 11.9 Å². The van der Waals surface area contributed by atoms with E-state index in [9.17, 15) is 4.79 Å². The van der Waals surface area contributed by atoms with Crippen LogP contribution in [0.5, 0.6) is 0 Å². The van der Waals surface area contributed by atoms with Gasteiger partial charge in [0.15, 0.2) is 5.69 Å². The molecule has 19 heavy (non-hydrogen) atoms. The summed E-state index contributed by atoms with van der Waals surface area (Å²) >= 11 is 0. The van der Waals surface area contributed by atoms with Gasteiger partial charge in [0.1, 0.15) is 0 Å². The number of rotatable bonds is 3. The van der Waals surface area contributed by atoms with Gasteiger partial charge in [0.2, 0.25) is 0 Å². The summed E-state index contributed by atoms with van der Waals surface area (Å²) in [6.07, 6.45) is 3.62. The highest BCUT2D eigenvalue weighted by molar-refractivity contribution is 5.92. The summed E-state index contributed by atoms with van der Waals surface area (Å²) in [5.74, 6) is -0.175. The third kappa shape index (κ3) is 2.62. The summed E-state index contributed by atoms with van der Waals surface area (Å²) in [7, 11) is 0. The first kappa shape index (κ1) is 12.6. The molecule has 1 unspecified atom stereocenters. The molecule has 3 heterocycles. The molecule has 2 N–H and O–H groups in total. The molecule has 0 aliphatic carbocycles. The highest BCUT2D eigenvalue weighted by Crippen LogP contribution is 2.19. The van der Waals surface area contributed by atoms with Crippen LogP contribution >= 0.6 is 0 Å². The van der Waals surface area contributed by atoms with Gasteiger partial charge in [-0.3, -0.25) is 4.79 Å². The summed E-state index contributed by atoms with van der Waals surface area (Å²) in [6, 6.07) is 0.322. The molecule has 2 aliphatic rings. The van der Waals surface area contributed by atoms with Crippen LogP contribution in [0.4, 0.5) is 0 Å². The highest BCUT2D eigenvalue weighted by Gasteiger charge is 2.31. The molecule has 2 saturated heterocycles. The zero-order valence-electron chi connectivity index (χ0n) is 11.1. The molecule has 7 heteroatoms. The van der Waals surface area contributed by atoms with Gasteiger partial charge >= 0.3 is 0 Å². The lowest BCUT2D eigenvalue weighted by Crippen LogP contribution is -2.51. The summed E-state index contributed by atoms with van der Waals surface area (Å²) in [6.45, 7) is 5.10. The van der Waals surface area contributed by atoms with Crippen LogP contribution < -0.4 is 10.6 Å². The van der Waals surface area contributed by atoms with Gasteiger partial charge in [-0.05, 0) is 19.8 Å². The van der Waals surface area contributed by atoms with Crippen LogP contribution in [0.25, 0.3) is 0 Å². The van der Waals surface area contributed by atoms with Crippen LogP contribution in [-0.4, -0.2) is 52.7 Å². The van der Waals surface area contributed by atoms with Crippen molar-refractivity contribution in [2.75, 3.05) is 26.3 Å². The Morgan fingerprint density at radius 2 is 2.47 bits per heavy atom. The fraction of sp³-hybridized carbons (Fsp3) is 0.750. The summed E-state index contributed by atoms with van der Waals surface area (Å²) < 4.78 is 7.18. The van der Waals surface area contributed by atoms with Crippen molar-refractivity contribution < 1.29 is 9.53 Å². The molecular formula is C12H19N5O2. The van der Waals surface area contributed by atoms with Gasteiger partial charge < -0.3 is 15.4 Å². The minimum Gasteiger partial charge on any atom is -0.379 e. The second-order valence-electron chi connectivity index (χ2n) is 5.57. The molecule has 2 fully saturated rings. The van der Waals surface area contributed by atoms with Crippen LogP contribution in [0, 0.1) is 0 Å². The minimum atomic E-state index is -0.295. The van der Waals surface area contributed by atoms with Crippen LogP contribution in [0.15, 0.2) is 6.20 Å². The second kappa shape index (κ2) is 4.90. The van der Waals surface area contributed by atoms with Gasteiger partial charge in [-0.25, -0.2) is 4.68 Å². The zero-order chi connectivity index (χ0) is 13.3. The van der Waals surface area contributed by atoms with Crippen molar-refractivity contribution in [2.45, 2.75) is 31.3 Å². The number of carbonyl (C=O) groups is 1. The van der Waals surface area contributed by atoms with Crippen LogP contribution in [0.3, 0.4) is 0 Å². The van der Waals surface area contributed by atoms with E-state index >= 15 is 0 Å². The first-order valence-electron chi connectivity index (χ1n) is 6.69. The van der Waals surface area contributed by atoms with Crippen molar-refractivity contribution in [1.29, 1.82) is 0 Å². The maximum Gasteiger partial charge on any atom is 0.273 e. The molecule has 0 radical (unpaired) electrons. The van der Waals surface area contributed by atoms with E-state index in [1.165, 1.54) is 0 Å². The van der Waals surface area contributed by atoms with Crippen molar-refractivity contribution in [2.24, 2.45) is 0 Å². The predicted molar refractivity (Wildman–Crippen MR) is 67.9 cm³/mol. The minimum absolute atomic E-state index is 0.175. The molecule has 1 aromatic rings. The van der Waals surface area contributed by atoms with E-state index in [4.69, 9.17) is 4.74 Å². The van der Waals surface area contributed by atoms with Crippen molar-refractivity contribution in [3.8, 4) is 0 Å². The van der Waals surface area contributed by atoms with Gasteiger partial charge in [-0.2, -0.15) is 0 Å². The highest BCUT2D eigenvalue weighted by atomic mass is 16.5. The fourth-order valence-electron chi connectivity index (χ4n) is 2.39. The average Bonchev–Trinajstić information content (AvgIpc) is 2.76. The molecular weight excluding hydrogens is 246 g/mol. The topological polar surface area (TPSA) is 81.1 Å². The first-order chi connectivity index (χ1) is 9.16. The normalized spacial score (nSPS) is 27.8. The Morgan fingerprint density at radius 1 is 1.63 bits per heavy atom. The Hall–Kier alpha value is -1.47. The number of amides is 1. The van der Waals surface area contributed by atoms with Gasteiger partial charge in [0, 0.05) is 19.7 Å². The Morgan fingerprint density at radius 3 is 3.11 bits per heavy atom. The second-order valence-corrected chi connectivity index (χ2v) is 5.57. The van der Waals surface area contributed by atoms with E-state index in [0.717, 1.165) is 32.5 Å². The number of aromatic nitrogens is 3. The molecule has 2 aliphatic heterocycles. The van der Waals surface area contributed by atoms with Gasteiger partial charge in [-0.15, -0.1) is 5.10 Å². The standard InChI is InChI=1S/C12H19N5O2/c1-12(3-2-4-19-8-12)14-11(18)10-7-17(16-15-10)9-5-13-6-9/h7,9,13H,2-6,8H2,1H3,(H,14,18). The van der Waals surface area contributed by atoms with Crippen molar-refractivity contribution in [3.63, 3.8) is 0 Å². The fourth-order valence-corrected chi connectivity index (χ4v) is 2.39. The van der Waals surface area contributed by atoms with Crippen LogP contribution in [0.1, 0.15) is 36.3 Å². The average molecular weight is 265 g/mol. The van der Waals surface area contributed by atoms with Gasteiger partial charge in [-0.1, -0.05) is 5.21 Å². The molecule has 3 rings (SSSR count). The van der Waals surface area contributed by atoms with E-state index in [-0.39, 0.29) is 11.4 Å². The number of hydrogen-bond acceptors (Lipinski definition) is 5. The maximum atomic E-state index is 12.2. The molecule has 104 valence electrons. The van der Waals surface area contributed by atoms with Crippen molar-refractivity contribution in [1.82, 2.24) is 25.6 Å². The SMILES string of the molecule is CC1(NC(=O)c2cn(C3CNC3)nn2)CCCOC1. The summed E-state index contributed by atoms with van der Waals surface area (Å²) in [4.78, 5) is 12.2. The lowest BCUT2D eigenvalue weighted by atomic mass is 9.95. The first-order valence-corrected chi connectivity index (χ1v) is 6.69. The van der Waals surface area contributed by atoms with E-state index in [2.05, 4.69) is 20.9 Å². The third-order valence-electron chi connectivity index (χ3n) is 3.73. The van der Waals surface area contributed by atoms with Crippen LogP contribution in [-0.2, 0) is 4.74 Å². The van der Waals surface area contributed by atoms with Gasteiger partial charge in [0.05, 0.1) is 24.4 Å². The molecule has 1 aromatic heterocycles. The molecule has 0 aromatic carbocycles. The number of nitrogens with one attached hydrogen (secondary N) is 2. The summed E-state index contributed by atoms with van der Waals surface area (Å²) in [5, 5.41) is 14.1. The number of ether oxygens (including phenoxy) is 1. The van der Waals surface area contributed by atoms with Gasteiger partial charge in [0.25, 0.3) is 5.91 Å². The molecule has 1 amide bonds. The molecule has 0 bridgehead atoms. The lowest BCUT2D eigenvalue weighted by molar-refractivity contribution is 0.0271. The van der Waals surface area contributed by atoms with Crippen LogP contribution in [0.2, 0.25) is 0 Å². The molecule has 0 saturated carbocycles. The monoisotopic (exact) mass is 265 g/mol. The zero-order valence-corrected chi connectivity index (χ0v) is 11.1. The lowest BCUT2D eigenvalue weighted by Gasteiger charge is -2.33. The number of carbonyl (C=O) groups excluding carboxylic acids is 1. The molecule has 7 nitrogen and oxygen atoms in total. The quantitative estimate of drug-likeness (QED) is 0.785. The van der Waals surface area contributed by atoms with Crippen molar-refractivity contribution >= 4 is 5.91 Å². The molecule has 1 atom stereocenters. The Kier molecular flexibility index (Phi) is 3.24.